The van der Waals surface area contributed by atoms with Gasteiger partial charge in [-0.1, -0.05) is 12.8 Å². The first kappa shape index (κ1) is 10.9. The van der Waals surface area contributed by atoms with Crippen LogP contribution >= 0.6 is 0 Å². The second-order valence-electron chi connectivity index (χ2n) is 3.92. The summed E-state index contributed by atoms with van der Waals surface area (Å²) in [6, 6.07) is 1.75. The molecule has 1 aromatic heterocycles. The van der Waals surface area contributed by atoms with Gasteiger partial charge in [0.15, 0.2) is 0 Å². The summed E-state index contributed by atoms with van der Waals surface area (Å²) in [6.45, 7) is 0.891. The molecule has 0 saturated heterocycles. The average molecular weight is 221 g/mol. The maximum absolute atomic E-state index is 11.2. The molecule has 0 amide bonds. The van der Waals surface area contributed by atoms with E-state index in [9.17, 15) is 4.79 Å². The minimum Gasteiger partial charge on any atom is -0.463 e. The number of aromatic nitrogens is 2. The van der Waals surface area contributed by atoms with Gasteiger partial charge >= 0.3 is 5.97 Å². The SMILES string of the molecule is COC(=O)c1nccc(NCCC2CC2)n1. The molecule has 1 saturated carbocycles. The molecule has 1 aliphatic carbocycles. The van der Waals surface area contributed by atoms with Crippen LogP contribution in [0.1, 0.15) is 29.9 Å². The van der Waals surface area contributed by atoms with E-state index in [4.69, 9.17) is 0 Å². The molecule has 16 heavy (non-hydrogen) atoms. The zero-order valence-electron chi connectivity index (χ0n) is 9.27. The summed E-state index contributed by atoms with van der Waals surface area (Å²) in [7, 11) is 1.32. The average Bonchev–Trinajstić information content (AvgIpc) is 3.12. The first-order valence-corrected chi connectivity index (χ1v) is 5.45. The van der Waals surface area contributed by atoms with Crippen molar-refractivity contribution in [2.75, 3.05) is 19.0 Å². The highest BCUT2D eigenvalue weighted by Gasteiger charge is 2.20. The van der Waals surface area contributed by atoms with Gasteiger partial charge < -0.3 is 10.1 Å². The Balaban J connectivity index is 1.89. The third kappa shape index (κ3) is 2.92. The third-order valence-corrected chi connectivity index (χ3v) is 2.58. The van der Waals surface area contributed by atoms with Crippen LogP contribution in [0, 0.1) is 5.92 Å². The van der Waals surface area contributed by atoms with Gasteiger partial charge in [-0.25, -0.2) is 14.8 Å². The van der Waals surface area contributed by atoms with Crippen molar-refractivity contribution in [3.63, 3.8) is 0 Å². The van der Waals surface area contributed by atoms with Crippen LogP contribution in [-0.4, -0.2) is 29.6 Å². The molecule has 0 aliphatic heterocycles. The van der Waals surface area contributed by atoms with Crippen molar-refractivity contribution >= 4 is 11.8 Å². The Morgan fingerprint density at radius 2 is 2.44 bits per heavy atom. The molecule has 1 N–H and O–H groups in total. The van der Waals surface area contributed by atoms with E-state index >= 15 is 0 Å². The van der Waals surface area contributed by atoms with E-state index in [-0.39, 0.29) is 5.82 Å². The second kappa shape index (κ2) is 4.92. The molecule has 0 radical (unpaired) electrons. The summed E-state index contributed by atoms with van der Waals surface area (Å²) < 4.78 is 4.55. The first-order valence-electron chi connectivity index (χ1n) is 5.45. The van der Waals surface area contributed by atoms with E-state index in [2.05, 4.69) is 20.0 Å². The Labute approximate surface area is 94.2 Å². The Bertz CT molecular complexity index is 377. The molecule has 86 valence electrons. The summed E-state index contributed by atoms with van der Waals surface area (Å²) in [6.07, 6.45) is 5.41. The van der Waals surface area contributed by atoms with E-state index < -0.39 is 5.97 Å². The molecule has 0 spiro atoms. The summed E-state index contributed by atoms with van der Waals surface area (Å²) in [5.74, 6) is 1.15. The summed E-state index contributed by atoms with van der Waals surface area (Å²) in [5, 5.41) is 3.18. The number of methoxy groups -OCH3 is 1. The van der Waals surface area contributed by atoms with Gasteiger partial charge in [-0.15, -0.1) is 0 Å². The Morgan fingerprint density at radius 1 is 1.62 bits per heavy atom. The Morgan fingerprint density at radius 3 is 3.12 bits per heavy atom. The number of hydrogen-bond acceptors (Lipinski definition) is 5. The van der Waals surface area contributed by atoms with Crippen LogP contribution in [-0.2, 0) is 4.74 Å². The molecule has 5 nitrogen and oxygen atoms in total. The predicted octanol–water partition coefficient (Wildman–Crippen LogP) is 1.48. The maximum Gasteiger partial charge on any atom is 0.376 e. The molecule has 0 bridgehead atoms. The lowest BCUT2D eigenvalue weighted by atomic mass is 10.3. The largest absolute Gasteiger partial charge is 0.463 e. The molecule has 0 unspecified atom stereocenters. The fraction of sp³-hybridized carbons (Fsp3) is 0.545. The van der Waals surface area contributed by atoms with Crippen LogP contribution in [0.25, 0.3) is 0 Å². The van der Waals surface area contributed by atoms with Gasteiger partial charge in [0.25, 0.3) is 0 Å². The fourth-order valence-corrected chi connectivity index (χ4v) is 1.46. The highest BCUT2D eigenvalue weighted by atomic mass is 16.5. The molecule has 1 fully saturated rings. The van der Waals surface area contributed by atoms with Gasteiger partial charge in [-0.2, -0.15) is 0 Å². The summed E-state index contributed by atoms with van der Waals surface area (Å²) in [4.78, 5) is 19.1. The highest BCUT2D eigenvalue weighted by Crippen LogP contribution is 2.31. The van der Waals surface area contributed by atoms with E-state index in [1.807, 2.05) is 0 Å². The molecule has 1 heterocycles. The van der Waals surface area contributed by atoms with Crippen molar-refractivity contribution in [3.05, 3.63) is 18.1 Å². The fourth-order valence-electron chi connectivity index (χ4n) is 1.46. The summed E-state index contributed by atoms with van der Waals surface area (Å²) >= 11 is 0. The van der Waals surface area contributed by atoms with Gasteiger partial charge in [0.05, 0.1) is 7.11 Å². The van der Waals surface area contributed by atoms with E-state index in [1.54, 1.807) is 12.3 Å². The number of nitrogens with one attached hydrogen (secondary N) is 1. The topological polar surface area (TPSA) is 64.1 Å². The first-order chi connectivity index (χ1) is 7.79. The Hall–Kier alpha value is -1.65. The maximum atomic E-state index is 11.2. The normalized spacial score (nSPS) is 14.6. The lowest BCUT2D eigenvalue weighted by molar-refractivity contribution is 0.0587. The quantitative estimate of drug-likeness (QED) is 0.763. The van der Waals surface area contributed by atoms with Crippen LogP contribution in [0.15, 0.2) is 12.3 Å². The van der Waals surface area contributed by atoms with Crippen molar-refractivity contribution in [2.45, 2.75) is 19.3 Å². The number of carbonyl (C=O) groups excluding carboxylic acids is 1. The van der Waals surface area contributed by atoms with Gasteiger partial charge in [0, 0.05) is 12.7 Å². The zero-order valence-corrected chi connectivity index (χ0v) is 9.27. The van der Waals surface area contributed by atoms with Crippen LogP contribution < -0.4 is 5.32 Å². The minimum atomic E-state index is -0.508. The van der Waals surface area contributed by atoms with Gasteiger partial charge in [0.2, 0.25) is 5.82 Å². The predicted molar refractivity (Wildman–Crippen MR) is 59.2 cm³/mol. The molecule has 5 heteroatoms. The van der Waals surface area contributed by atoms with Crippen molar-refractivity contribution < 1.29 is 9.53 Å². The number of rotatable bonds is 5. The number of hydrogen-bond donors (Lipinski definition) is 1. The molecular weight excluding hydrogens is 206 g/mol. The number of esters is 1. The number of anilines is 1. The van der Waals surface area contributed by atoms with Crippen LogP contribution in [0.3, 0.4) is 0 Å². The Kier molecular flexibility index (Phi) is 3.34. The second-order valence-corrected chi connectivity index (χ2v) is 3.92. The number of nitrogens with zero attached hydrogens (tertiary/aromatic N) is 2. The standard InChI is InChI=1S/C11H15N3O2/c1-16-11(15)10-13-7-5-9(14-10)12-6-4-8-2-3-8/h5,7-8H,2-4,6H2,1H3,(H,12,13,14). The highest BCUT2D eigenvalue weighted by molar-refractivity contribution is 5.85. The van der Waals surface area contributed by atoms with E-state index in [0.717, 1.165) is 18.9 Å². The van der Waals surface area contributed by atoms with E-state index in [1.165, 1.54) is 20.0 Å². The molecule has 2 rings (SSSR count). The van der Waals surface area contributed by atoms with Crippen LogP contribution in [0.2, 0.25) is 0 Å². The van der Waals surface area contributed by atoms with Crippen LogP contribution in [0.4, 0.5) is 5.82 Å². The van der Waals surface area contributed by atoms with Crippen molar-refractivity contribution in [1.29, 1.82) is 0 Å². The van der Waals surface area contributed by atoms with Crippen molar-refractivity contribution in [2.24, 2.45) is 5.92 Å². The molecule has 1 aliphatic rings. The van der Waals surface area contributed by atoms with Crippen molar-refractivity contribution in [3.8, 4) is 0 Å². The van der Waals surface area contributed by atoms with Gasteiger partial charge in [-0.05, 0) is 18.4 Å². The monoisotopic (exact) mass is 221 g/mol. The molecular formula is C11H15N3O2. The van der Waals surface area contributed by atoms with Gasteiger partial charge in [-0.3, -0.25) is 0 Å². The van der Waals surface area contributed by atoms with Crippen molar-refractivity contribution in [1.82, 2.24) is 9.97 Å². The molecule has 1 aromatic rings. The van der Waals surface area contributed by atoms with Crippen LogP contribution in [0.5, 0.6) is 0 Å². The van der Waals surface area contributed by atoms with Gasteiger partial charge in [0.1, 0.15) is 5.82 Å². The zero-order chi connectivity index (χ0) is 11.4. The number of carbonyl (C=O) groups is 1. The lowest BCUT2D eigenvalue weighted by Crippen LogP contribution is -2.10. The third-order valence-electron chi connectivity index (χ3n) is 2.58. The number of ether oxygens (including phenoxy) is 1. The van der Waals surface area contributed by atoms with E-state index in [0.29, 0.717) is 5.82 Å². The molecule has 0 atom stereocenters. The lowest BCUT2D eigenvalue weighted by Gasteiger charge is -2.05. The smallest absolute Gasteiger partial charge is 0.376 e. The summed E-state index contributed by atoms with van der Waals surface area (Å²) in [5.41, 5.74) is 0. The molecule has 0 aromatic carbocycles. The minimum absolute atomic E-state index is 0.0962.